The van der Waals surface area contributed by atoms with Gasteiger partial charge in [0.2, 0.25) is 0 Å². The average molecular weight is 625 g/mol. The van der Waals surface area contributed by atoms with E-state index in [4.69, 9.17) is 9.47 Å². The Labute approximate surface area is 269 Å². The molecule has 8 aliphatic carbocycles. The van der Waals surface area contributed by atoms with Crippen LogP contribution in [-0.4, -0.2) is 36.2 Å². The molecule has 0 heterocycles. The van der Waals surface area contributed by atoms with Crippen LogP contribution in [0.2, 0.25) is 0 Å². The predicted octanol–water partition coefficient (Wildman–Crippen LogP) is 8.24. The zero-order valence-electron chi connectivity index (χ0n) is 28.1. The molecule has 8 saturated carbocycles. The molecule has 10 unspecified atom stereocenters. The van der Waals surface area contributed by atoms with E-state index in [2.05, 4.69) is 38.0 Å². The minimum absolute atomic E-state index is 0.0483. The molecule has 8 nitrogen and oxygen atoms in total. The summed E-state index contributed by atoms with van der Waals surface area (Å²) < 4.78 is 11.6. The first-order valence-corrected chi connectivity index (χ1v) is 18.5. The molecule has 8 aliphatic rings. The van der Waals surface area contributed by atoms with Gasteiger partial charge in [0, 0.05) is 6.42 Å². The Morgan fingerprint density at radius 2 is 1.49 bits per heavy atom. The van der Waals surface area contributed by atoms with Crippen molar-refractivity contribution in [3.05, 3.63) is 9.81 Å². The topological polar surface area (TPSA) is 111 Å². The third-order valence-corrected chi connectivity index (χ3v) is 16.0. The molecule has 8 rings (SSSR count). The third kappa shape index (κ3) is 5.12. The largest absolute Gasteiger partial charge is 0.456 e. The number of carbonyl (C=O) groups is 2. The smallest absolute Gasteiger partial charge is 0.344 e. The molecule has 0 amide bonds. The van der Waals surface area contributed by atoms with Gasteiger partial charge < -0.3 is 9.47 Å². The van der Waals surface area contributed by atoms with Crippen molar-refractivity contribution in [1.29, 1.82) is 0 Å². The summed E-state index contributed by atoms with van der Waals surface area (Å²) in [5, 5.41) is 7.26. The molecule has 8 heteroatoms. The van der Waals surface area contributed by atoms with Crippen molar-refractivity contribution < 1.29 is 19.1 Å². The first kappa shape index (κ1) is 31.7. The SMILES string of the molecule is CC(CCC(=O)OCC(=O)OC1(C)C2CC3CC(C2)CC1C3)C1CCC2C3CCC4CC(N=O)CCC4(C)C3CC(N=O)C12C. The van der Waals surface area contributed by atoms with E-state index in [0.717, 1.165) is 82.5 Å². The monoisotopic (exact) mass is 624 g/mol. The van der Waals surface area contributed by atoms with Crippen molar-refractivity contribution in [3.63, 3.8) is 0 Å². The number of carbonyl (C=O) groups excluding carboxylic acids is 2. The second-order valence-corrected chi connectivity index (χ2v) is 17.7. The summed E-state index contributed by atoms with van der Waals surface area (Å²) in [7, 11) is 0. The lowest BCUT2D eigenvalue weighted by molar-refractivity contribution is -0.207. The van der Waals surface area contributed by atoms with Gasteiger partial charge in [-0.2, -0.15) is 9.81 Å². The second-order valence-electron chi connectivity index (χ2n) is 17.7. The molecule has 0 aromatic rings. The number of rotatable bonds is 9. The molecule has 0 aromatic carbocycles. The van der Waals surface area contributed by atoms with Gasteiger partial charge >= 0.3 is 11.9 Å². The molecule has 0 aliphatic heterocycles. The molecule has 0 spiro atoms. The number of hydrogen-bond donors (Lipinski definition) is 0. The van der Waals surface area contributed by atoms with E-state index < -0.39 is 11.6 Å². The van der Waals surface area contributed by atoms with Crippen LogP contribution in [0.15, 0.2) is 10.4 Å². The van der Waals surface area contributed by atoms with Gasteiger partial charge in [0.25, 0.3) is 0 Å². The fourth-order valence-corrected chi connectivity index (χ4v) is 13.7. The summed E-state index contributed by atoms with van der Waals surface area (Å²) in [5.41, 5.74) is -0.406. The fourth-order valence-electron chi connectivity index (χ4n) is 13.7. The van der Waals surface area contributed by atoms with E-state index >= 15 is 0 Å². The van der Waals surface area contributed by atoms with E-state index in [-0.39, 0.29) is 47.8 Å². The van der Waals surface area contributed by atoms with E-state index in [1.54, 1.807) is 0 Å². The Kier molecular flexibility index (Phi) is 8.23. The molecule has 10 atom stereocenters. The maximum atomic E-state index is 12.9. The van der Waals surface area contributed by atoms with Crippen molar-refractivity contribution in [2.75, 3.05) is 6.61 Å². The minimum atomic E-state index is -0.412. The Morgan fingerprint density at radius 3 is 2.16 bits per heavy atom. The van der Waals surface area contributed by atoms with Crippen LogP contribution in [0.1, 0.15) is 124 Å². The Balaban J connectivity index is 0.933. The highest BCUT2D eigenvalue weighted by atomic mass is 16.6. The minimum Gasteiger partial charge on any atom is -0.456 e. The summed E-state index contributed by atoms with van der Waals surface area (Å²) >= 11 is 0. The lowest BCUT2D eigenvalue weighted by atomic mass is 9.43. The summed E-state index contributed by atoms with van der Waals surface area (Å²) in [4.78, 5) is 49.6. The highest BCUT2D eigenvalue weighted by Gasteiger charge is 2.64. The summed E-state index contributed by atoms with van der Waals surface area (Å²) in [6.07, 6.45) is 15.1. The molecule has 4 bridgehead atoms. The number of hydrogen-bond acceptors (Lipinski definition) is 8. The van der Waals surface area contributed by atoms with Gasteiger partial charge in [-0.1, -0.05) is 31.1 Å². The van der Waals surface area contributed by atoms with Crippen molar-refractivity contribution >= 4 is 11.9 Å². The molecule has 45 heavy (non-hydrogen) atoms. The van der Waals surface area contributed by atoms with Gasteiger partial charge in [0.05, 0.1) is 12.1 Å². The number of fused-ring (bicyclic) bond motifs is 5. The zero-order valence-corrected chi connectivity index (χ0v) is 28.1. The zero-order chi connectivity index (χ0) is 31.7. The van der Waals surface area contributed by atoms with Gasteiger partial charge in [-0.15, -0.1) is 0 Å². The van der Waals surface area contributed by atoms with Crippen LogP contribution in [-0.2, 0) is 19.1 Å². The normalized spacial score (nSPS) is 50.1. The summed E-state index contributed by atoms with van der Waals surface area (Å²) in [6, 6.07) is -0.266. The van der Waals surface area contributed by atoms with Gasteiger partial charge in [-0.05, 0) is 167 Å². The average Bonchev–Trinajstić information content (AvgIpc) is 3.38. The van der Waals surface area contributed by atoms with E-state index in [1.807, 2.05) is 0 Å². The first-order valence-electron chi connectivity index (χ1n) is 18.5. The van der Waals surface area contributed by atoms with Gasteiger partial charge in [-0.3, -0.25) is 4.79 Å². The van der Waals surface area contributed by atoms with Crippen LogP contribution >= 0.6 is 0 Å². The number of esters is 2. The molecule has 0 saturated heterocycles. The van der Waals surface area contributed by atoms with Crippen molar-refractivity contribution in [2.45, 2.75) is 142 Å². The third-order valence-electron chi connectivity index (χ3n) is 16.0. The second kappa shape index (κ2) is 11.7. The molecular formula is C37H56N2O6. The van der Waals surface area contributed by atoms with Crippen LogP contribution in [0.5, 0.6) is 0 Å². The molecule has 0 N–H and O–H groups in total. The molecule has 8 fully saturated rings. The van der Waals surface area contributed by atoms with Gasteiger partial charge in [0.1, 0.15) is 5.60 Å². The maximum absolute atomic E-state index is 12.9. The van der Waals surface area contributed by atoms with Crippen LogP contribution < -0.4 is 0 Å². The highest BCUT2D eigenvalue weighted by molar-refractivity contribution is 5.76. The van der Waals surface area contributed by atoms with Crippen LogP contribution in [0.3, 0.4) is 0 Å². The summed E-state index contributed by atoms with van der Waals surface area (Å²) in [6.45, 7) is 8.80. The molecule has 250 valence electrons. The molecule has 0 radical (unpaired) electrons. The predicted molar refractivity (Wildman–Crippen MR) is 171 cm³/mol. The standard InChI is InChI=1S/C37H56N2O6/c1-21(5-10-33(40)44-20-34(41)45-37(4)25-14-22-13-23(16-25)17-26(37)15-22)29-8-9-30-28-7-6-24-18-27(38-42)11-12-35(24,2)31(28)19-32(39-43)36(29,30)3/h21-32H,5-20H2,1-4H3. The highest BCUT2D eigenvalue weighted by Crippen LogP contribution is 2.69. The Bertz CT molecular complexity index is 1160. The van der Waals surface area contributed by atoms with Crippen LogP contribution in [0, 0.1) is 79.8 Å². The van der Waals surface area contributed by atoms with Crippen molar-refractivity contribution in [3.8, 4) is 0 Å². The van der Waals surface area contributed by atoms with Gasteiger partial charge in [0.15, 0.2) is 6.61 Å². The number of ether oxygens (including phenoxy) is 2. The Morgan fingerprint density at radius 1 is 0.778 bits per heavy atom. The van der Waals surface area contributed by atoms with E-state index in [0.29, 0.717) is 47.8 Å². The lowest BCUT2D eigenvalue weighted by Gasteiger charge is -2.62. The number of nitroso groups, excluding NO2 is 2. The Hall–Kier alpha value is -1.86. The number of nitrogens with zero attached hydrogens (tertiary/aromatic N) is 2. The van der Waals surface area contributed by atoms with Gasteiger partial charge in [-0.25, -0.2) is 4.79 Å². The van der Waals surface area contributed by atoms with Crippen LogP contribution in [0.25, 0.3) is 0 Å². The lowest BCUT2D eigenvalue weighted by Crippen LogP contribution is -2.58. The van der Waals surface area contributed by atoms with Crippen LogP contribution in [0.4, 0.5) is 0 Å². The molecule has 0 aromatic heterocycles. The first-order chi connectivity index (χ1) is 21.5. The molecular weight excluding hydrogens is 568 g/mol. The fraction of sp³-hybridized carbons (Fsp3) is 0.946. The summed E-state index contributed by atoms with van der Waals surface area (Å²) in [5.74, 6) is 4.40. The van der Waals surface area contributed by atoms with Crippen molar-refractivity contribution in [2.24, 2.45) is 80.4 Å². The quantitative estimate of drug-likeness (QED) is 0.189. The van der Waals surface area contributed by atoms with E-state index in [9.17, 15) is 19.4 Å². The van der Waals surface area contributed by atoms with E-state index in [1.165, 1.54) is 12.8 Å². The van der Waals surface area contributed by atoms with Crippen molar-refractivity contribution in [1.82, 2.24) is 0 Å². The maximum Gasteiger partial charge on any atom is 0.344 e.